The number of carbonyl (C=O) groups excluding carboxylic acids is 1. The molecule has 0 saturated carbocycles. The summed E-state index contributed by atoms with van der Waals surface area (Å²) in [5, 5.41) is 8.58. The van der Waals surface area contributed by atoms with Gasteiger partial charge in [-0.2, -0.15) is 4.98 Å². The first-order chi connectivity index (χ1) is 16.5. The van der Waals surface area contributed by atoms with Gasteiger partial charge in [-0.05, 0) is 62.2 Å². The molecule has 0 amide bonds. The molecule has 1 aliphatic heterocycles. The number of rotatable bonds is 8. The summed E-state index contributed by atoms with van der Waals surface area (Å²) in [5.74, 6) is 1.82. The molecule has 0 spiro atoms. The number of carbonyl (C=O) groups is 1. The van der Waals surface area contributed by atoms with Gasteiger partial charge in [0.2, 0.25) is 5.95 Å². The molecule has 2 heterocycles. The number of nitrogens with zero attached hydrogens (tertiary/aromatic N) is 3. The van der Waals surface area contributed by atoms with Crippen LogP contribution in [0.25, 0.3) is 11.4 Å². The average Bonchev–Trinajstić information content (AvgIpc) is 3.25. The fraction of sp³-hybridized carbons (Fsp3) is 0.320. The van der Waals surface area contributed by atoms with Crippen LogP contribution in [0.1, 0.15) is 38.8 Å². The van der Waals surface area contributed by atoms with Crippen molar-refractivity contribution in [1.29, 1.82) is 0 Å². The van der Waals surface area contributed by atoms with Gasteiger partial charge >= 0.3 is 5.97 Å². The molecule has 0 saturated heterocycles. The van der Waals surface area contributed by atoms with Crippen LogP contribution >= 0.6 is 11.6 Å². The van der Waals surface area contributed by atoms with E-state index in [4.69, 9.17) is 30.9 Å². The Morgan fingerprint density at radius 2 is 1.91 bits per heavy atom. The SMILES string of the molecule is CCCOc1ccc(C2C(C(=O)OCC)=C(C)Nc3nc(-c4ccc(Cl)cc4)nn32)cc1OC. The van der Waals surface area contributed by atoms with Crippen molar-refractivity contribution < 1.29 is 19.0 Å². The lowest BCUT2D eigenvalue weighted by molar-refractivity contribution is -0.139. The number of nitrogens with one attached hydrogen (secondary N) is 1. The van der Waals surface area contributed by atoms with E-state index < -0.39 is 12.0 Å². The second kappa shape index (κ2) is 10.2. The van der Waals surface area contributed by atoms with Crippen LogP contribution in [0.4, 0.5) is 5.95 Å². The largest absolute Gasteiger partial charge is 0.493 e. The van der Waals surface area contributed by atoms with Crippen molar-refractivity contribution in [3.05, 3.63) is 64.3 Å². The van der Waals surface area contributed by atoms with Gasteiger partial charge in [0.05, 0.1) is 25.9 Å². The Morgan fingerprint density at radius 1 is 1.15 bits per heavy atom. The zero-order valence-electron chi connectivity index (χ0n) is 19.6. The zero-order chi connectivity index (χ0) is 24.2. The van der Waals surface area contributed by atoms with Crippen LogP contribution in [-0.4, -0.2) is 41.1 Å². The molecule has 0 fully saturated rings. The van der Waals surface area contributed by atoms with E-state index in [9.17, 15) is 4.79 Å². The van der Waals surface area contributed by atoms with E-state index in [2.05, 4.69) is 10.3 Å². The van der Waals surface area contributed by atoms with Gasteiger partial charge in [-0.1, -0.05) is 24.6 Å². The number of methoxy groups -OCH3 is 1. The minimum atomic E-state index is -0.571. The predicted molar refractivity (Wildman–Crippen MR) is 130 cm³/mol. The van der Waals surface area contributed by atoms with Crippen molar-refractivity contribution in [3.63, 3.8) is 0 Å². The molecule has 0 radical (unpaired) electrons. The van der Waals surface area contributed by atoms with E-state index in [0.29, 0.717) is 46.2 Å². The average molecular weight is 483 g/mol. The summed E-state index contributed by atoms with van der Waals surface area (Å²) in [6.45, 7) is 6.49. The van der Waals surface area contributed by atoms with Gasteiger partial charge in [0.15, 0.2) is 17.3 Å². The highest BCUT2D eigenvalue weighted by atomic mass is 35.5. The van der Waals surface area contributed by atoms with E-state index >= 15 is 0 Å². The summed E-state index contributed by atoms with van der Waals surface area (Å²) < 4.78 is 18.5. The Morgan fingerprint density at radius 3 is 2.59 bits per heavy atom. The number of aromatic nitrogens is 3. The van der Waals surface area contributed by atoms with Crippen LogP contribution < -0.4 is 14.8 Å². The molecule has 1 aromatic heterocycles. The number of anilines is 1. The summed E-state index contributed by atoms with van der Waals surface area (Å²) in [6, 6.07) is 12.3. The van der Waals surface area contributed by atoms with Gasteiger partial charge in [-0.15, -0.1) is 5.10 Å². The number of esters is 1. The number of fused-ring (bicyclic) bond motifs is 1. The number of hydrogen-bond acceptors (Lipinski definition) is 7. The van der Waals surface area contributed by atoms with Gasteiger partial charge in [0.1, 0.15) is 6.04 Å². The van der Waals surface area contributed by atoms with Crippen LogP contribution in [0.2, 0.25) is 5.02 Å². The van der Waals surface area contributed by atoms with E-state index in [1.165, 1.54) is 0 Å². The first-order valence-corrected chi connectivity index (χ1v) is 11.5. The third-order valence-electron chi connectivity index (χ3n) is 5.42. The van der Waals surface area contributed by atoms with Crippen LogP contribution in [0.3, 0.4) is 0 Å². The maximum atomic E-state index is 13.0. The monoisotopic (exact) mass is 482 g/mol. The van der Waals surface area contributed by atoms with Crippen molar-refractivity contribution in [2.24, 2.45) is 0 Å². The van der Waals surface area contributed by atoms with E-state index in [0.717, 1.165) is 17.5 Å². The van der Waals surface area contributed by atoms with Crippen LogP contribution in [0.15, 0.2) is 53.7 Å². The number of hydrogen-bond donors (Lipinski definition) is 1. The molecule has 3 aromatic rings. The highest BCUT2D eigenvalue weighted by Gasteiger charge is 2.35. The summed E-state index contributed by atoms with van der Waals surface area (Å²) in [6.07, 6.45) is 0.879. The Balaban J connectivity index is 1.83. The Hall–Kier alpha value is -3.52. The Bertz CT molecular complexity index is 1220. The zero-order valence-corrected chi connectivity index (χ0v) is 20.3. The van der Waals surface area contributed by atoms with Crippen molar-refractivity contribution >= 4 is 23.5 Å². The number of allylic oxidation sites excluding steroid dienone is 1. The Kier molecular flexibility index (Phi) is 7.07. The van der Waals surface area contributed by atoms with Crippen LogP contribution in [0, 0.1) is 0 Å². The lowest BCUT2D eigenvalue weighted by Crippen LogP contribution is -2.29. The summed E-state index contributed by atoms with van der Waals surface area (Å²) >= 11 is 6.04. The third kappa shape index (κ3) is 4.59. The smallest absolute Gasteiger partial charge is 0.338 e. The molecule has 178 valence electrons. The lowest BCUT2D eigenvalue weighted by atomic mass is 9.95. The molecule has 1 unspecified atom stereocenters. The Labute approximate surface area is 203 Å². The number of ether oxygens (including phenoxy) is 3. The lowest BCUT2D eigenvalue weighted by Gasteiger charge is -2.28. The van der Waals surface area contributed by atoms with Gasteiger partial charge in [0.25, 0.3) is 0 Å². The molecule has 4 rings (SSSR count). The molecule has 2 aromatic carbocycles. The third-order valence-corrected chi connectivity index (χ3v) is 5.67. The first-order valence-electron chi connectivity index (χ1n) is 11.1. The molecule has 1 atom stereocenters. The standard InChI is InChI=1S/C25H27ClN4O4/c1-5-13-34-19-12-9-17(14-20(19)32-4)22-21(24(31)33-6-2)15(3)27-25-28-23(29-30(22)25)16-7-10-18(26)11-8-16/h7-12,14,22H,5-6,13H2,1-4H3,(H,27,28,29). The molecule has 1 aliphatic rings. The van der Waals surface area contributed by atoms with E-state index in [-0.39, 0.29) is 6.61 Å². The quantitative estimate of drug-likeness (QED) is 0.439. The molecular weight excluding hydrogens is 456 g/mol. The highest BCUT2D eigenvalue weighted by molar-refractivity contribution is 6.30. The van der Waals surface area contributed by atoms with Crippen molar-refractivity contribution in [2.45, 2.75) is 33.2 Å². The summed E-state index contributed by atoms with van der Waals surface area (Å²) in [7, 11) is 1.59. The van der Waals surface area contributed by atoms with E-state index in [1.807, 2.05) is 44.2 Å². The summed E-state index contributed by atoms with van der Waals surface area (Å²) in [4.78, 5) is 17.7. The molecule has 8 nitrogen and oxygen atoms in total. The molecule has 34 heavy (non-hydrogen) atoms. The minimum Gasteiger partial charge on any atom is -0.493 e. The molecule has 1 N–H and O–H groups in total. The van der Waals surface area contributed by atoms with Gasteiger partial charge in [-0.3, -0.25) is 0 Å². The maximum absolute atomic E-state index is 13.0. The van der Waals surface area contributed by atoms with Gasteiger partial charge < -0.3 is 19.5 Å². The normalized spacial score (nSPS) is 14.9. The number of benzene rings is 2. The van der Waals surface area contributed by atoms with E-state index in [1.54, 1.807) is 30.8 Å². The molecular formula is C25H27ClN4O4. The second-order valence-electron chi connectivity index (χ2n) is 7.76. The van der Waals surface area contributed by atoms with Crippen molar-refractivity contribution in [3.8, 4) is 22.9 Å². The molecule has 0 aliphatic carbocycles. The van der Waals surface area contributed by atoms with Crippen molar-refractivity contribution in [1.82, 2.24) is 14.8 Å². The van der Waals surface area contributed by atoms with Crippen LogP contribution in [0.5, 0.6) is 11.5 Å². The predicted octanol–water partition coefficient (Wildman–Crippen LogP) is 5.25. The maximum Gasteiger partial charge on any atom is 0.338 e. The van der Waals surface area contributed by atoms with Crippen LogP contribution in [-0.2, 0) is 9.53 Å². The molecule has 0 bridgehead atoms. The highest BCUT2D eigenvalue weighted by Crippen LogP contribution is 2.40. The summed E-state index contributed by atoms with van der Waals surface area (Å²) in [5.41, 5.74) is 2.70. The number of halogens is 1. The van der Waals surface area contributed by atoms with Crippen molar-refractivity contribution in [2.75, 3.05) is 25.6 Å². The first kappa shape index (κ1) is 23.6. The fourth-order valence-corrected chi connectivity index (χ4v) is 3.97. The van der Waals surface area contributed by atoms with Gasteiger partial charge in [0, 0.05) is 16.3 Å². The topological polar surface area (TPSA) is 87.5 Å². The molecule has 9 heteroatoms. The fourth-order valence-electron chi connectivity index (χ4n) is 3.84. The minimum absolute atomic E-state index is 0.260. The second-order valence-corrected chi connectivity index (χ2v) is 8.19. The van der Waals surface area contributed by atoms with Gasteiger partial charge in [-0.25, -0.2) is 9.48 Å².